The van der Waals surface area contributed by atoms with E-state index in [4.69, 9.17) is 10.4 Å². The number of hydrogen-bond acceptors (Lipinski definition) is 4. The Balaban J connectivity index is 4.85. The van der Waals surface area contributed by atoms with E-state index in [0.29, 0.717) is 0 Å². The highest BCUT2D eigenvalue weighted by atomic mass is 32.2. The van der Waals surface area contributed by atoms with Crippen molar-refractivity contribution >= 4 is 9.84 Å². The molecule has 5 heteroatoms. The van der Waals surface area contributed by atoms with E-state index < -0.39 is 14.7 Å². The van der Waals surface area contributed by atoms with Crippen molar-refractivity contribution in [2.75, 3.05) is 6.26 Å². The zero-order valence-electron chi connectivity index (χ0n) is 4.70. The Morgan fingerprint density at radius 1 is 1.78 bits per heavy atom. The van der Waals surface area contributed by atoms with Crippen LogP contribution in [0.2, 0.25) is 0 Å². The minimum atomic E-state index is -3.52. The Morgan fingerprint density at radius 3 is 2.22 bits per heavy atom. The summed E-state index contributed by atoms with van der Waals surface area (Å²) in [6.45, 7) is 0. The van der Waals surface area contributed by atoms with Gasteiger partial charge >= 0.3 is 0 Å². The Bertz CT molecular complexity index is 256. The van der Waals surface area contributed by atoms with E-state index in [1.54, 1.807) is 0 Å². The third kappa shape index (κ3) is 2.15. The molecule has 0 aromatic carbocycles. The smallest absolute Gasteiger partial charge is 0.188 e. The molecule has 0 aliphatic carbocycles. The lowest BCUT2D eigenvalue weighted by atomic mass is 10.7. The third-order valence-corrected chi connectivity index (χ3v) is 1.62. The van der Waals surface area contributed by atoms with E-state index in [1.165, 1.54) is 6.07 Å². The van der Waals surface area contributed by atoms with Gasteiger partial charge < -0.3 is 5.11 Å². The average Bonchev–Trinajstić information content (AvgIpc) is 1.65. The molecule has 0 bridgehead atoms. The molecular weight excluding hydrogens is 142 g/mol. The molecule has 0 radical (unpaired) electrons. The predicted molar refractivity (Wildman–Crippen MR) is 31.2 cm³/mol. The standard InChI is InChI=1S/C4H5NO3S/c1-9(7,8)4(2-5)3-6/h3,6H,1H3. The molecular formula is C4H5NO3S. The van der Waals surface area contributed by atoms with Crippen molar-refractivity contribution in [3.05, 3.63) is 11.2 Å². The van der Waals surface area contributed by atoms with Crippen LogP contribution in [0.5, 0.6) is 0 Å². The van der Waals surface area contributed by atoms with Crippen molar-refractivity contribution in [2.24, 2.45) is 0 Å². The summed E-state index contributed by atoms with van der Waals surface area (Å²) in [7, 11) is -3.52. The highest BCUT2D eigenvalue weighted by molar-refractivity contribution is 7.94. The second-order valence-corrected chi connectivity index (χ2v) is 3.36. The maximum absolute atomic E-state index is 10.3. The predicted octanol–water partition coefficient (Wildman–Crippen LogP) is -0.0460. The summed E-state index contributed by atoms with van der Waals surface area (Å²) in [5.74, 6) is 0. The van der Waals surface area contributed by atoms with Crippen LogP contribution in [0.15, 0.2) is 11.2 Å². The van der Waals surface area contributed by atoms with Gasteiger partial charge in [-0.2, -0.15) is 5.26 Å². The van der Waals surface area contributed by atoms with Gasteiger partial charge in [0.25, 0.3) is 0 Å². The number of hydrogen-bond donors (Lipinski definition) is 1. The second kappa shape index (κ2) is 2.51. The summed E-state index contributed by atoms with van der Waals surface area (Å²) in [5.41, 5.74) is 0. The second-order valence-electron chi connectivity index (χ2n) is 1.38. The fraction of sp³-hybridized carbons (Fsp3) is 0.250. The Hall–Kier alpha value is -1.02. The third-order valence-electron chi connectivity index (χ3n) is 0.627. The monoisotopic (exact) mass is 147 g/mol. The van der Waals surface area contributed by atoms with Crippen LogP contribution in [0, 0.1) is 11.3 Å². The van der Waals surface area contributed by atoms with Crippen LogP contribution in [0.25, 0.3) is 0 Å². The Kier molecular flexibility index (Phi) is 2.22. The molecule has 0 atom stereocenters. The molecule has 0 saturated heterocycles. The summed E-state index contributed by atoms with van der Waals surface area (Å²) in [4.78, 5) is -0.623. The number of aliphatic hydroxyl groups excluding tert-OH is 1. The maximum Gasteiger partial charge on any atom is 0.188 e. The minimum absolute atomic E-state index is 0.273. The number of rotatable bonds is 1. The van der Waals surface area contributed by atoms with E-state index in [9.17, 15) is 8.42 Å². The Morgan fingerprint density at radius 2 is 2.22 bits per heavy atom. The van der Waals surface area contributed by atoms with Crippen LogP contribution in [-0.4, -0.2) is 19.8 Å². The van der Waals surface area contributed by atoms with Gasteiger partial charge in [-0.3, -0.25) is 0 Å². The molecule has 4 nitrogen and oxygen atoms in total. The highest BCUT2D eigenvalue weighted by Gasteiger charge is 2.08. The van der Waals surface area contributed by atoms with Crippen LogP contribution >= 0.6 is 0 Å². The molecule has 0 spiro atoms. The van der Waals surface area contributed by atoms with Crippen LogP contribution in [0.1, 0.15) is 0 Å². The average molecular weight is 147 g/mol. The lowest BCUT2D eigenvalue weighted by Crippen LogP contribution is -1.97. The van der Waals surface area contributed by atoms with Crippen LogP contribution in [0.4, 0.5) is 0 Å². The zero-order chi connectivity index (χ0) is 7.49. The van der Waals surface area contributed by atoms with Crippen LogP contribution in [0.3, 0.4) is 0 Å². The first kappa shape index (κ1) is 7.98. The summed E-state index contributed by atoms with van der Waals surface area (Å²) >= 11 is 0. The number of sulfone groups is 1. The van der Waals surface area contributed by atoms with E-state index in [2.05, 4.69) is 0 Å². The molecule has 0 aliphatic rings. The topological polar surface area (TPSA) is 78.2 Å². The summed E-state index contributed by atoms with van der Waals surface area (Å²) in [6, 6.07) is 1.31. The van der Waals surface area contributed by atoms with Crippen LogP contribution in [-0.2, 0) is 9.84 Å². The van der Waals surface area contributed by atoms with Crippen molar-refractivity contribution < 1.29 is 13.5 Å². The molecule has 0 rings (SSSR count). The van der Waals surface area contributed by atoms with Gasteiger partial charge in [0.15, 0.2) is 14.7 Å². The SMILES string of the molecule is CS(=O)(=O)C(C#N)=CO. The van der Waals surface area contributed by atoms with Gasteiger partial charge in [-0.1, -0.05) is 0 Å². The van der Waals surface area contributed by atoms with Crippen molar-refractivity contribution in [1.29, 1.82) is 5.26 Å². The van der Waals surface area contributed by atoms with Crippen LogP contribution < -0.4 is 0 Å². The Labute approximate surface area is 53.0 Å². The molecule has 0 aromatic heterocycles. The number of nitrogens with zero attached hydrogens (tertiary/aromatic N) is 1. The van der Waals surface area contributed by atoms with E-state index in [-0.39, 0.29) is 6.26 Å². The largest absolute Gasteiger partial charge is 0.513 e. The van der Waals surface area contributed by atoms with Gasteiger partial charge in [0.2, 0.25) is 0 Å². The maximum atomic E-state index is 10.3. The molecule has 0 heterocycles. The fourth-order valence-electron chi connectivity index (χ4n) is 0.208. The summed E-state index contributed by atoms with van der Waals surface area (Å²) < 4.78 is 20.7. The number of nitriles is 1. The van der Waals surface area contributed by atoms with E-state index >= 15 is 0 Å². The zero-order valence-corrected chi connectivity index (χ0v) is 5.51. The highest BCUT2D eigenvalue weighted by Crippen LogP contribution is 1.99. The molecule has 0 aliphatic heterocycles. The van der Waals surface area contributed by atoms with Gasteiger partial charge in [-0.25, -0.2) is 8.42 Å². The van der Waals surface area contributed by atoms with Crippen molar-refractivity contribution in [3.8, 4) is 6.07 Å². The molecule has 0 aromatic rings. The summed E-state index contributed by atoms with van der Waals surface area (Å²) in [6.07, 6.45) is 1.12. The molecule has 0 unspecified atom stereocenters. The first-order valence-corrected chi connectivity index (χ1v) is 3.86. The van der Waals surface area contributed by atoms with Crippen molar-refractivity contribution in [2.45, 2.75) is 0 Å². The van der Waals surface area contributed by atoms with Crippen molar-refractivity contribution in [1.82, 2.24) is 0 Å². The van der Waals surface area contributed by atoms with Gasteiger partial charge in [-0.05, 0) is 0 Å². The minimum Gasteiger partial charge on any atom is -0.513 e. The molecule has 0 fully saturated rings. The van der Waals surface area contributed by atoms with Gasteiger partial charge in [0.1, 0.15) is 12.3 Å². The molecule has 9 heavy (non-hydrogen) atoms. The number of aliphatic hydroxyl groups is 1. The lowest BCUT2D eigenvalue weighted by Gasteiger charge is -1.87. The first-order valence-electron chi connectivity index (χ1n) is 1.97. The normalized spacial score (nSPS) is 12.7. The fourth-order valence-corrected chi connectivity index (χ4v) is 0.565. The molecule has 0 amide bonds. The summed E-state index contributed by atoms with van der Waals surface area (Å²) in [5, 5.41) is 16.1. The van der Waals surface area contributed by atoms with Gasteiger partial charge in [0, 0.05) is 6.26 Å². The molecule has 0 saturated carbocycles. The van der Waals surface area contributed by atoms with Crippen molar-refractivity contribution in [3.63, 3.8) is 0 Å². The van der Waals surface area contributed by atoms with Gasteiger partial charge in [-0.15, -0.1) is 0 Å². The first-order chi connectivity index (χ1) is 4.02. The lowest BCUT2D eigenvalue weighted by molar-refractivity contribution is 0.471. The van der Waals surface area contributed by atoms with E-state index in [0.717, 1.165) is 6.26 Å². The van der Waals surface area contributed by atoms with E-state index in [1.807, 2.05) is 0 Å². The molecule has 50 valence electrons. The number of allylic oxidation sites excluding steroid dienone is 1. The molecule has 1 N–H and O–H groups in total. The van der Waals surface area contributed by atoms with Gasteiger partial charge in [0.05, 0.1) is 0 Å². The quantitative estimate of drug-likeness (QED) is 0.416.